The largest absolute Gasteiger partial charge is 0.399 e. The fourth-order valence-electron chi connectivity index (χ4n) is 2.13. The Bertz CT molecular complexity index is 626. The van der Waals surface area contributed by atoms with Crippen molar-refractivity contribution in [1.82, 2.24) is 0 Å². The summed E-state index contributed by atoms with van der Waals surface area (Å²) in [4.78, 5) is 0. The molecule has 2 rings (SSSR count). The Morgan fingerprint density at radius 2 is 1.65 bits per heavy atom. The van der Waals surface area contributed by atoms with Crippen LogP contribution in [0.1, 0.15) is 5.56 Å². The average Bonchev–Trinajstić information content (AvgIpc) is 2.43. The number of rotatable bonds is 4. The molecule has 0 heterocycles. The van der Waals surface area contributed by atoms with Gasteiger partial charge in [0.2, 0.25) is 0 Å². The van der Waals surface area contributed by atoms with Gasteiger partial charge in [-0.3, -0.25) is 0 Å². The molecule has 0 amide bonds. The molecule has 5 heteroatoms. The summed E-state index contributed by atoms with van der Waals surface area (Å²) in [5.41, 5.74) is 28.9. The second-order valence-corrected chi connectivity index (χ2v) is 4.74. The number of methoxy groups -OCH3 is 1. The lowest BCUT2D eigenvalue weighted by molar-refractivity contribution is 0.202. The minimum Gasteiger partial charge on any atom is -0.399 e. The van der Waals surface area contributed by atoms with E-state index in [1.807, 2.05) is 12.1 Å². The maximum absolute atomic E-state index is 6.08. The van der Waals surface area contributed by atoms with E-state index in [1.54, 1.807) is 25.3 Å². The number of nitrogens with two attached hydrogens (primary N) is 4. The van der Waals surface area contributed by atoms with Crippen molar-refractivity contribution in [3.63, 3.8) is 0 Å². The molecule has 0 aromatic heterocycles. The van der Waals surface area contributed by atoms with E-state index < -0.39 is 0 Å². The Labute approximate surface area is 118 Å². The van der Waals surface area contributed by atoms with Crippen molar-refractivity contribution >= 4 is 22.7 Å². The second-order valence-electron chi connectivity index (χ2n) is 4.74. The molecule has 2 aromatic rings. The fraction of sp³-hybridized carbons (Fsp3) is 0.200. The highest BCUT2D eigenvalue weighted by atomic mass is 16.5. The van der Waals surface area contributed by atoms with Gasteiger partial charge in [-0.25, -0.2) is 0 Å². The summed E-state index contributed by atoms with van der Waals surface area (Å²) in [7, 11) is 1.66. The molecule has 106 valence electrons. The van der Waals surface area contributed by atoms with Crippen LogP contribution in [-0.2, 0) is 11.2 Å². The van der Waals surface area contributed by atoms with E-state index in [4.69, 9.17) is 27.7 Å². The molecule has 0 fully saturated rings. The molecule has 20 heavy (non-hydrogen) atoms. The summed E-state index contributed by atoms with van der Waals surface area (Å²) in [6.07, 6.45) is 0.760. The van der Waals surface area contributed by atoms with Crippen molar-refractivity contribution in [3.05, 3.63) is 35.9 Å². The highest BCUT2D eigenvalue weighted by Gasteiger charge is 2.11. The molecule has 0 saturated carbocycles. The van der Waals surface area contributed by atoms with Gasteiger partial charge in [0.25, 0.3) is 0 Å². The molecule has 0 saturated heterocycles. The van der Waals surface area contributed by atoms with Gasteiger partial charge in [0.05, 0.1) is 18.0 Å². The Kier molecular flexibility index (Phi) is 4.00. The number of anilines is 4. The van der Waals surface area contributed by atoms with Crippen LogP contribution in [0.25, 0.3) is 11.1 Å². The van der Waals surface area contributed by atoms with Crippen molar-refractivity contribution in [1.29, 1.82) is 0 Å². The first-order chi connectivity index (χ1) is 9.52. The first kappa shape index (κ1) is 14.0. The number of hydrogen-bond acceptors (Lipinski definition) is 5. The van der Waals surface area contributed by atoms with Crippen LogP contribution in [0.2, 0.25) is 0 Å². The maximum atomic E-state index is 6.08. The zero-order chi connectivity index (χ0) is 14.7. The molecule has 0 bridgehead atoms. The lowest BCUT2D eigenvalue weighted by atomic mass is 9.97. The van der Waals surface area contributed by atoms with E-state index in [0.717, 1.165) is 23.1 Å². The third kappa shape index (κ3) is 2.78. The predicted molar refractivity (Wildman–Crippen MR) is 85.1 cm³/mol. The van der Waals surface area contributed by atoms with Gasteiger partial charge in [-0.05, 0) is 42.3 Å². The van der Waals surface area contributed by atoms with Crippen molar-refractivity contribution in [2.24, 2.45) is 0 Å². The molecule has 5 nitrogen and oxygen atoms in total. The van der Waals surface area contributed by atoms with E-state index in [0.29, 0.717) is 29.4 Å². The number of ether oxygens (including phenoxy) is 1. The molecule has 0 aliphatic heterocycles. The minimum absolute atomic E-state index is 0.517. The molecule has 0 aliphatic carbocycles. The third-order valence-electron chi connectivity index (χ3n) is 3.23. The normalized spacial score (nSPS) is 10.7. The van der Waals surface area contributed by atoms with Crippen molar-refractivity contribution in [2.45, 2.75) is 6.42 Å². The third-order valence-corrected chi connectivity index (χ3v) is 3.23. The molecule has 0 atom stereocenters. The van der Waals surface area contributed by atoms with Crippen LogP contribution >= 0.6 is 0 Å². The lowest BCUT2D eigenvalue weighted by Gasteiger charge is -2.14. The zero-order valence-corrected chi connectivity index (χ0v) is 11.5. The van der Waals surface area contributed by atoms with Gasteiger partial charge < -0.3 is 27.7 Å². The zero-order valence-electron chi connectivity index (χ0n) is 11.5. The first-order valence-corrected chi connectivity index (χ1v) is 6.35. The van der Waals surface area contributed by atoms with E-state index in [-0.39, 0.29) is 0 Å². The average molecular weight is 272 g/mol. The summed E-state index contributed by atoms with van der Waals surface area (Å²) in [5.74, 6) is 0. The predicted octanol–water partition coefficient (Wildman–Crippen LogP) is 1.87. The van der Waals surface area contributed by atoms with Gasteiger partial charge in [0.15, 0.2) is 0 Å². The monoisotopic (exact) mass is 272 g/mol. The Balaban J connectivity index is 2.54. The molecular formula is C15H20N4O. The summed E-state index contributed by atoms with van der Waals surface area (Å²) in [6, 6.07) is 9.17. The van der Waals surface area contributed by atoms with Gasteiger partial charge in [0, 0.05) is 29.6 Å². The number of nitrogen functional groups attached to an aromatic ring is 4. The standard InChI is InChI=1S/C15H20N4O/c1-20-5-4-9-6-12(15(19)14(18)7-9)11-8-10(16)2-3-13(11)17/h2-3,6-8H,4-5,16-19H2,1H3. The van der Waals surface area contributed by atoms with Crippen LogP contribution in [0.3, 0.4) is 0 Å². The van der Waals surface area contributed by atoms with E-state index >= 15 is 0 Å². The van der Waals surface area contributed by atoms with Crippen LogP contribution in [0, 0.1) is 0 Å². The highest BCUT2D eigenvalue weighted by molar-refractivity contribution is 5.91. The number of hydrogen-bond donors (Lipinski definition) is 4. The van der Waals surface area contributed by atoms with Gasteiger partial charge in [0.1, 0.15) is 0 Å². The topological polar surface area (TPSA) is 113 Å². The fourth-order valence-corrected chi connectivity index (χ4v) is 2.13. The maximum Gasteiger partial charge on any atom is 0.0628 e. The SMILES string of the molecule is COCCc1cc(N)c(N)c(-c2cc(N)ccc2N)c1. The van der Waals surface area contributed by atoms with E-state index in [2.05, 4.69) is 0 Å². The van der Waals surface area contributed by atoms with Crippen molar-refractivity contribution in [3.8, 4) is 11.1 Å². The second kappa shape index (κ2) is 5.71. The van der Waals surface area contributed by atoms with Crippen molar-refractivity contribution < 1.29 is 4.74 Å². The molecule has 8 N–H and O–H groups in total. The van der Waals surface area contributed by atoms with Gasteiger partial charge in [-0.15, -0.1) is 0 Å². The van der Waals surface area contributed by atoms with Crippen LogP contribution in [0.15, 0.2) is 30.3 Å². The van der Waals surface area contributed by atoms with Gasteiger partial charge in [-0.1, -0.05) is 0 Å². The minimum atomic E-state index is 0.517. The highest BCUT2D eigenvalue weighted by Crippen LogP contribution is 2.36. The number of benzene rings is 2. The summed E-state index contributed by atoms with van der Waals surface area (Å²) >= 11 is 0. The van der Waals surface area contributed by atoms with Crippen LogP contribution < -0.4 is 22.9 Å². The molecule has 0 radical (unpaired) electrons. The molecule has 0 spiro atoms. The van der Waals surface area contributed by atoms with E-state index in [1.165, 1.54) is 0 Å². The molecular weight excluding hydrogens is 252 g/mol. The summed E-state index contributed by atoms with van der Waals surface area (Å²) in [6.45, 7) is 0.620. The van der Waals surface area contributed by atoms with E-state index in [9.17, 15) is 0 Å². The molecule has 0 aliphatic rings. The Morgan fingerprint density at radius 1 is 0.900 bits per heavy atom. The van der Waals surface area contributed by atoms with Crippen LogP contribution in [0.5, 0.6) is 0 Å². The van der Waals surface area contributed by atoms with Gasteiger partial charge in [-0.2, -0.15) is 0 Å². The molecule has 0 unspecified atom stereocenters. The Morgan fingerprint density at radius 3 is 2.35 bits per heavy atom. The smallest absolute Gasteiger partial charge is 0.0628 e. The first-order valence-electron chi connectivity index (χ1n) is 6.35. The summed E-state index contributed by atoms with van der Waals surface area (Å²) in [5, 5.41) is 0. The Hall–Kier alpha value is -2.40. The summed E-state index contributed by atoms with van der Waals surface area (Å²) < 4.78 is 5.09. The van der Waals surface area contributed by atoms with Crippen LogP contribution in [-0.4, -0.2) is 13.7 Å². The van der Waals surface area contributed by atoms with Gasteiger partial charge >= 0.3 is 0 Å². The van der Waals surface area contributed by atoms with Crippen LogP contribution in [0.4, 0.5) is 22.7 Å². The quantitative estimate of drug-likeness (QED) is 0.634. The van der Waals surface area contributed by atoms with Crippen molar-refractivity contribution in [2.75, 3.05) is 36.7 Å². The lowest BCUT2D eigenvalue weighted by Crippen LogP contribution is -2.03. The molecule has 2 aromatic carbocycles.